The topological polar surface area (TPSA) is 144 Å². The smallest absolute Gasteiger partial charge is 0.303 e. The van der Waals surface area contributed by atoms with E-state index < -0.39 is 87.9 Å². The third-order valence-corrected chi connectivity index (χ3v) is 12.6. The van der Waals surface area contributed by atoms with Gasteiger partial charge in [0.05, 0.1) is 25.7 Å². The zero-order valence-corrected chi connectivity index (χ0v) is 32.0. The average molecular weight is 723 g/mol. The molecule has 1 aromatic rings. The molecule has 11 nitrogen and oxygen atoms in total. The van der Waals surface area contributed by atoms with E-state index in [1.807, 2.05) is 63.3 Å². The Hall–Kier alpha value is -3.96. The molecule has 2 saturated carbocycles. The first kappa shape index (κ1) is 39.3. The lowest BCUT2D eigenvalue weighted by Gasteiger charge is -2.70. The molecule has 0 aromatic heterocycles. The van der Waals surface area contributed by atoms with Gasteiger partial charge in [-0.3, -0.25) is 19.2 Å². The summed E-state index contributed by atoms with van der Waals surface area (Å²) in [6.07, 6.45) is 4.64. The second kappa shape index (κ2) is 14.5. The second-order valence-electron chi connectivity index (χ2n) is 15.6. The number of aliphatic hydroxyl groups is 1. The number of carbonyl (C=O) groups excluding carboxylic acids is 4. The van der Waals surface area contributed by atoms with Crippen LogP contribution in [0.5, 0.6) is 5.75 Å². The maximum Gasteiger partial charge on any atom is 0.303 e. The number of fused-ring (bicyclic) bond motifs is 5. The Morgan fingerprint density at radius 1 is 0.962 bits per heavy atom. The van der Waals surface area contributed by atoms with Crippen LogP contribution in [0.3, 0.4) is 0 Å². The van der Waals surface area contributed by atoms with Gasteiger partial charge >= 0.3 is 23.9 Å². The molecule has 1 N–H and O–H groups in total. The molecule has 5 rings (SSSR count). The second-order valence-corrected chi connectivity index (χ2v) is 15.6. The van der Waals surface area contributed by atoms with Gasteiger partial charge in [-0.05, 0) is 74.3 Å². The third kappa shape index (κ3) is 6.37. The van der Waals surface area contributed by atoms with E-state index >= 15 is 0 Å². The molecule has 1 aromatic carbocycles. The largest absolute Gasteiger partial charge is 0.496 e. The minimum Gasteiger partial charge on any atom is -0.496 e. The Morgan fingerprint density at radius 3 is 2.23 bits per heavy atom. The molecule has 0 radical (unpaired) electrons. The van der Waals surface area contributed by atoms with Crippen molar-refractivity contribution in [1.82, 2.24) is 0 Å². The van der Waals surface area contributed by atoms with Crippen molar-refractivity contribution in [3.8, 4) is 5.75 Å². The number of allylic oxidation sites excluding steroid dienone is 2. The zero-order chi connectivity index (χ0) is 38.4. The van der Waals surface area contributed by atoms with Crippen molar-refractivity contribution in [2.45, 2.75) is 105 Å². The summed E-state index contributed by atoms with van der Waals surface area (Å²) >= 11 is 0. The predicted molar refractivity (Wildman–Crippen MR) is 192 cm³/mol. The van der Waals surface area contributed by atoms with Gasteiger partial charge in [0.15, 0.2) is 6.10 Å². The molecule has 3 aliphatic carbocycles. The van der Waals surface area contributed by atoms with Crippen molar-refractivity contribution < 1.29 is 52.7 Å². The van der Waals surface area contributed by atoms with Crippen LogP contribution >= 0.6 is 0 Å². The fraction of sp³-hybridized carbons (Fsp3) is 0.610. The molecule has 0 spiro atoms. The van der Waals surface area contributed by atoms with Gasteiger partial charge < -0.3 is 33.5 Å². The number of para-hydroxylation sites is 1. The van der Waals surface area contributed by atoms with Crippen molar-refractivity contribution in [3.05, 3.63) is 59.7 Å². The van der Waals surface area contributed by atoms with Crippen molar-refractivity contribution in [2.75, 3.05) is 20.3 Å². The molecule has 4 aliphatic rings. The first-order chi connectivity index (χ1) is 24.4. The minimum absolute atomic E-state index is 0.0362. The maximum absolute atomic E-state index is 13.2. The molecule has 11 atom stereocenters. The number of carbonyl (C=O) groups is 4. The Kier molecular flexibility index (Phi) is 10.9. The van der Waals surface area contributed by atoms with Gasteiger partial charge in [0.25, 0.3) is 0 Å². The number of ether oxygens (including phenoxy) is 6. The highest BCUT2D eigenvalue weighted by molar-refractivity contribution is 5.71. The van der Waals surface area contributed by atoms with Gasteiger partial charge in [0.2, 0.25) is 0 Å². The monoisotopic (exact) mass is 722 g/mol. The maximum atomic E-state index is 13.2. The standard InChI is InChI=1S/C41H54O11/c1-23(30-14-11-12-15-31(30)47-10)21-41(46)24(2)20-34(50-27(5)43)39(9)33(41)17-18-38(8)32-16-13-19-48-22-40(32,25(3)49-26(4)42)37(52-29(7)45)35(36(38)39)51-28(6)44/h11-16,20-21,25,32-37,46H,17-19,22H2,1-10H3/b23-21-/t25?,32?,33?,34-,35?,36?,37+,38+,39-,40-,41+/m1/s1. The predicted octanol–water partition coefficient (Wildman–Crippen LogP) is 5.78. The van der Waals surface area contributed by atoms with E-state index in [-0.39, 0.29) is 13.2 Å². The van der Waals surface area contributed by atoms with E-state index in [1.165, 1.54) is 27.7 Å². The molecule has 1 heterocycles. The van der Waals surface area contributed by atoms with Gasteiger partial charge in [-0.15, -0.1) is 0 Å². The molecule has 5 unspecified atom stereocenters. The molecule has 1 aliphatic heterocycles. The highest BCUT2D eigenvalue weighted by Crippen LogP contribution is 2.72. The minimum atomic E-state index is -1.54. The Morgan fingerprint density at radius 2 is 1.62 bits per heavy atom. The van der Waals surface area contributed by atoms with E-state index in [0.717, 1.165) is 11.1 Å². The van der Waals surface area contributed by atoms with E-state index in [9.17, 15) is 24.3 Å². The number of esters is 4. The van der Waals surface area contributed by atoms with Crippen LogP contribution in [-0.4, -0.2) is 79.3 Å². The summed E-state index contributed by atoms with van der Waals surface area (Å²) in [5, 5.41) is 13.1. The third-order valence-electron chi connectivity index (χ3n) is 12.6. The van der Waals surface area contributed by atoms with Crippen LogP contribution in [-0.2, 0) is 42.9 Å². The number of methoxy groups -OCH3 is 1. The lowest BCUT2D eigenvalue weighted by Crippen LogP contribution is -2.76. The molecule has 0 amide bonds. The van der Waals surface area contributed by atoms with Crippen LogP contribution in [0.1, 0.15) is 80.7 Å². The van der Waals surface area contributed by atoms with Crippen LogP contribution in [0.15, 0.2) is 54.1 Å². The van der Waals surface area contributed by atoms with Gasteiger partial charge in [-0.2, -0.15) is 0 Å². The Labute approximate surface area is 306 Å². The fourth-order valence-electron chi connectivity index (χ4n) is 10.7. The summed E-state index contributed by atoms with van der Waals surface area (Å²) in [5.41, 5.74) is -2.40. The summed E-state index contributed by atoms with van der Waals surface area (Å²) in [4.78, 5) is 51.7. The molecule has 0 bridgehead atoms. The van der Waals surface area contributed by atoms with Gasteiger partial charge in [-0.1, -0.05) is 44.2 Å². The lowest BCUT2D eigenvalue weighted by molar-refractivity contribution is -0.301. The first-order valence-corrected chi connectivity index (χ1v) is 18.0. The van der Waals surface area contributed by atoms with E-state index in [0.29, 0.717) is 24.2 Å². The van der Waals surface area contributed by atoms with Gasteiger partial charge in [0.1, 0.15) is 29.7 Å². The van der Waals surface area contributed by atoms with Crippen LogP contribution in [0, 0.1) is 34.0 Å². The summed E-state index contributed by atoms with van der Waals surface area (Å²) in [5.74, 6) is -3.29. The fourth-order valence-corrected chi connectivity index (χ4v) is 10.7. The van der Waals surface area contributed by atoms with Crippen molar-refractivity contribution >= 4 is 29.5 Å². The molecular weight excluding hydrogens is 668 g/mol. The molecule has 11 heteroatoms. The average Bonchev–Trinajstić information content (AvgIpc) is 3.29. The van der Waals surface area contributed by atoms with E-state index in [4.69, 9.17) is 28.4 Å². The summed E-state index contributed by atoms with van der Waals surface area (Å²) in [6.45, 7) is 15.2. The Balaban J connectivity index is 1.83. The van der Waals surface area contributed by atoms with Gasteiger partial charge in [-0.25, -0.2) is 0 Å². The molecule has 52 heavy (non-hydrogen) atoms. The van der Waals surface area contributed by atoms with Crippen molar-refractivity contribution in [3.63, 3.8) is 0 Å². The summed E-state index contributed by atoms with van der Waals surface area (Å²) in [6, 6.07) is 7.58. The van der Waals surface area contributed by atoms with E-state index in [1.54, 1.807) is 20.1 Å². The van der Waals surface area contributed by atoms with E-state index in [2.05, 4.69) is 6.92 Å². The van der Waals surface area contributed by atoms with Crippen LogP contribution in [0.25, 0.3) is 5.57 Å². The first-order valence-electron chi connectivity index (χ1n) is 18.0. The number of hydrogen-bond acceptors (Lipinski definition) is 11. The highest BCUT2D eigenvalue weighted by Gasteiger charge is 2.76. The molecule has 284 valence electrons. The van der Waals surface area contributed by atoms with Crippen molar-refractivity contribution in [2.24, 2.45) is 34.0 Å². The lowest BCUT2D eigenvalue weighted by atomic mass is 9.36. The quantitative estimate of drug-likeness (QED) is 0.198. The SMILES string of the molecule is COc1ccccc1/C(C)=C\[C@]1(O)C(C)=C[C@@H](OC(C)=O)[C@]2(C)C3C(OC(C)=O)[C@H](OC(C)=O)[C@@]4(C(C)OC(C)=O)COCC=CC4[C@]3(C)CCC21. The molecule has 2 fully saturated rings. The highest BCUT2D eigenvalue weighted by atomic mass is 16.6. The van der Waals surface area contributed by atoms with Crippen molar-refractivity contribution in [1.29, 1.82) is 0 Å². The number of rotatable bonds is 8. The summed E-state index contributed by atoms with van der Waals surface area (Å²) < 4.78 is 36.5. The summed E-state index contributed by atoms with van der Waals surface area (Å²) in [7, 11) is 1.60. The van der Waals surface area contributed by atoms with Crippen LogP contribution < -0.4 is 4.74 Å². The normalized spacial score (nSPS) is 37.4. The molecule has 0 saturated heterocycles. The van der Waals surface area contributed by atoms with Gasteiger partial charge in [0, 0.05) is 50.5 Å². The zero-order valence-electron chi connectivity index (χ0n) is 32.0. The molecular formula is C41H54O11. The number of hydrogen-bond donors (Lipinski definition) is 1. The number of benzene rings is 1. The Bertz CT molecular complexity index is 1680. The van der Waals surface area contributed by atoms with Crippen LogP contribution in [0.2, 0.25) is 0 Å². The van der Waals surface area contributed by atoms with Crippen LogP contribution in [0.4, 0.5) is 0 Å².